The van der Waals surface area contributed by atoms with Gasteiger partial charge in [0.25, 0.3) is 5.19 Å². The van der Waals surface area contributed by atoms with Crippen molar-refractivity contribution in [1.29, 1.82) is 0 Å². The summed E-state index contributed by atoms with van der Waals surface area (Å²) in [6.45, 7) is 4.39. The number of hydrogen-bond acceptors (Lipinski definition) is 5. The molecule has 0 radical (unpaired) electrons. The monoisotopic (exact) mass is 355 g/mol. The molecule has 1 N–H and O–H groups in total. The molecule has 3 rings (SSSR count). The third-order valence-corrected chi connectivity index (χ3v) is 5.01. The number of nitrogens with zero attached hydrogens (tertiary/aromatic N) is 2. The van der Waals surface area contributed by atoms with Gasteiger partial charge in [0.15, 0.2) is 0 Å². The van der Waals surface area contributed by atoms with Gasteiger partial charge in [-0.25, -0.2) is 4.98 Å². The quantitative estimate of drug-likeness (QED) is 0.508. The first-order chi connectivity index (χ1) is 12.3. The van der Waals surface area contributed by atoms with E-state index in [1.54, 1.807) is 12.4 Å². The second-order valence-corrected chi connectivity index (χ2v) is 7.12. The van der Waals surface area contributed by atoms with Crippen molar-refractivity contribution in [2.75, 3.05) is 13.1 Å². The van der Waals surface area contributed by atoms with Gasteiger partial charge in [0.1, 0.15) is 11.3 Å². The maximum absolute atomic E-state index is 5.86. The van der Waals surface area contributed by atoms with E-state index < -0.39 is 0 Å². The molecule has 4 nitrogen and oxygen atoms in total. The van der Waals surface area contributed by atoms with Crippen LogP contribution < -0.4 is 10.1 Å². The number of thiazole rings is 1. The van der Waals surface area contributed by atoms with Crippen LogP contribution in [0, 0.1) is 0 Å². The van der Waals surface area contributed by atoms with Gasteiger partial charge < -0.3 is 10.1 Å². The van der Waals surface area contributed by atoms with E-state index in [2.05, 4.69) is 34.3 Å². The van der Waals surface area contributed by atoms with E-state index in [1.165, 1.54) is 42.6 Å². The number of ether oxygens (including phenoxy) is 1. The maximum atomic E-state index is 5.86. The molecular formula is C20H25N3OS. The summed E-state index contributed by atoms with van der Waals surface area (Å²) in [6.07, 6.45) is 9.82. The van der Waals surface area contributed by atoms with Crippen LogP contribution in [0.3, 0.4) is 0 Å². The van der Waals surface area contributed by atoms with E-state index >= 15 is 0 Å². The number of fused-ring (bicyclic) bond motifs is 1. The van der Waals surface area contributed by atoms with Gasteiger partial charge >= 0.3 is 0 Å². The second-order valence-electron chi connectivity index (χ2n) is 6.13. The fourth-order valence-electron chi connectivity index (χ4n) is 2.66. The Morgan fingerprint density at radius 2 is 1.92 bits per heavy atom. The van der Waals surface area contributed by atoms with Crippen molar-refractivity contribution in [2.24, 2.45) is 0 Å². The van der Waals surface area contributed by atoms with Crippen molar-refractivity contribution in [3.8, 4) is 10.9 Å². The van der Waals surface area contributed by atoms with Gasteiger partial charge in [-0.1, -0.05) is 49.7 Å². The molecule has 0 fully saturated rings. The zero-order valence-electron chi connectivity index (χ0n) is 14.7. The van der Waals surface area contributed by atoms with Crippen molar-refractivity contribution in [3.63, 3.8) is 0 Å². The summed E-state index contributed by atoms with van der Waals surface area (Å²) in [5.74, 6) is 0.822. The number of benzene rings is 1. The smallest absolute Gasteiger partial charge is 0.279 e. The van der Waals surface area contributed by atoms with Crippen LogP contribution in [0.2, 0.25) is 0 Å². The number of nitrogens with one attached hydrogen (secondary N) is 1. The highest BCUT2D eigenvalue weighted by Crippen LogP contribution is 2.30. The molecule has 0 saturated carbocycles. The van der Waals surface area contributed by atoms with E-state index in [4.69, 9.17) is 4.74 Å². The molecule has 25 heavy (non-hydrogen) atoms. The van der Waals surface area contributed by atoms with Crippen molar-refractivity contribution >= 4 is 21.6 Å². The first-order valence-electron chi connectivity index (χ1n) is 9.03. The Balaban J connectivity index is 1.44. The van der Waals surface area contributed by atoms with Gasteiger partial charge in [0.2, 0.25) is 0 Å². The van der Waals surface area contributed by atoms with Crippen LogP contribution in [0.25, 0.3) is 10.2 Å². The van der Waals surface area contributed by atoms with Crippen molar-refractivity contribution < 1.29 is 4.74 Å². The van der Waals surface area contributed by atoms with Crippen molar-refractivity contribution in [2.45, 2.75) is 39.0 Å². The minimum absolute atomic E-state index is 0.657. The average molecular weight is 356 g/mol. The largest absolute Gasteiger partial charge is 0.431 e. The summed E-state index contributed by atoms with van der Waals surface area (Å²) in [4.78, 5) is 8.53. The third-order valence-electron chi connectivity index (χ3n) is 4.10. The van der Waals surface area contributed by atoms with Crippen LogP contribution in [0.15, 0.2) is 42.7 Å². The lowest BCUT2D eigenvalue weighted by atomic mass is 10.1. The van der Waals surface area contributed by atoms with E-state index in [9.17, 15) is 0 Å². The van der Waals surface area contributed by atoms with Gasteiger partial charge in [-0.2, -0.15) is 0 Å². The lowest BCUT2D eigenvalue weighted by Gasteiger charge is -2.06. The summed E-state index contributed by atoms with van der Waals surface area (Å²) in [5.41, 5.74) is 2.20. The Labute approximate surface area is 153 Å². The van der Waals surface area contributed by atoms with Gasteiger partial charge in [-0.05, 0) is 49.7 Å². The van der Waals surface area contributed by atoms with E-state index in [0.29, 0.717) is 5.19 Å². The molecule has 0 spiro atoms. The van der Waals surface area contributed by atoms with Crippen molar-refractivity contribution in [3.05, 3.63) is 48.3 Å². The predicted molar refractivity (Wildman–Crippen MR) is 105 cm³/mol. The highest BCUT2D eigenvalue weighted by atomic mass is 32.1. The third kappa shape index (κ3) is 5.51. The topological polar surface area (TPSA) is 47.0 Å². The normalized spacial score (nSPS) is 11.1. The van der Waals surface area contributed by atoms with Crippen LogP contribution in [0.1, 0.15) is 38.2 Å². The molecule has 2 heterocycles. The number of pyridine rings is 1. The van der Waals surface area contributed by atoms with E-state index in [1.807, 2.05) is 18.2 Å². The Morgan fingerprint density at radius 1 is 1.04 bits per heavy atom. The fourth-order valence-corrected chi connectivity index (χ4v) is 3.46. The number of hydrogen-bond donors (Lipinski definition) is 1. The molecular weight excluding hydrogens is 330 g/mol. The number of aromatic nitrogens is 2. The van der Waals surface area contributed by atoms with Gasteiger partial charge in [-0.15, -0.1) is 0 Å². The second kappa shape index (κ2) is 9.49. The number of unbranched alkanes of at least 4 members (excludes halogenated alkanes) is 3. The molecule has 5 heteroatoms. The summed E-state index contributed by atoms with van der Waals surface area (Å²) in [7, 11) is 0. The van der Waals surface area contributed by atoms with E-state index in [-0.39, 0.29) is 0 Å². The maximum Gasteiger partial charge on any atom is 0.279 e. The zero-order valence-corrected chi connectivity index (χ0v) is 15.5. The average Bonchev–Trinajstić information content (AvgIpc) is 3.04. The van der Waals surface area contributed by atoms with Gasteiger partial charge in [0, 0.05) is 6.20 Å². The van der Waals surface area contributed by atoms with Crippen LogP contribution in [0.4, 0.5) is 0 Å². The molecule has 1 aromatic carbocycles. The molecule has 0 aliphatic heterocycles. The SMILES string of the molecule is CCCCCCNCCc1ccc(Oc2nc3cnccc3s2)cc1. The lowest BCUT2D eigenvalue weighted by molar-refractivity contribution is 0.480. The molecule has 0 aliphatic rings. The highest BCUT2D eigenvalue weighted by molar-refractivity contribution is 7.20. The molecule has 0 amide bonds. The highest BCUT2D eigenvalue weighted by Gasteiger charge is 2.05. The molecule has 3 aromatic rings. The van der Waals surface area contributed by atoms with Crippen LogP contribution in [0.5, 0.6) is 10.9 Å². The van der Waals surface area contributed by atoms with Crippen molar-refractivity contribution in [1.82, 2.24) is 15.3 Å². The van der Waals surface area contributed by atoms with Crippen LogP contribution in [-0.2, 0) is 6.42 Å². The molecule has 2 aromatic heterocycles. The van der Waals surface area contributed by atoms with Gasteiger partial charge in [0.05, 0.1) is 10.9 Å². The first kappa shape index (κ1) is 17.8. The van der Waals surface area contributed by atoms with Crippen LogP contribution >= 0.6 is 11.3 Å². The lowest BCUT2D eigenvalue weighted by Crippen LogP contribution is -2.18. The Morgan fingerprint density at radius 3 is 2.72 bits per heavy atom. The number of rotatable bonds is 10. The Hall–Kier alpha value is -1.98. The molecule has 132 valence electrons. The van der Waals surface area contributed by atoms with E-state index in [0.717, 1.165) is 35.5 Å². The zero-order chi connectivity index (χ0) is 17.3. The molecule has 0 unspecified atom stereocenters. The predicted octanol–water partition coefficient (Wildman–Crippen LogP) is 5.20. The summed E-state index contributed by atoms with van der Waals surface area (Å²) >= 11 is 1.54. The standard InChI is InChI=1S/C20H25N3OS/c1-2-3-4-5-12-21-13-10-16-6-8-17(9-7-16)24-20-23-18-15-22-14-11-19(18)25-20/h6-9,11,14-15,21H,2-5,10,12-13H2,1H3. The molecule has 0 bridgehead atoms. The Bertz CT molecular complexity index is 737. The summed E-state index contributed by atoms with van der Waals surface area (Å²) in [6, 6.07) is 10.2. The molecule has 0 aliphatic carbocycles. The minimum atomic E-state index is 0.657. The Kier molecular flexibility index (Phi) is 6.77. The van der Waals surface area contributed by atoms with Crippen LogP contribution in [-0.4, -0.2) is 23.1 Å². The molecule has 0 atom stereocenters. The fraction of sp³-hybridized carbons (Fsp3) is 0.400. The summed E-state index contributed by atoms with van der Waals surface area (Å²) in [5, 5.41) is 4.17. The minimum Gasteiger partial charge on any atom is -0.431 e. The molecule has 0 saturated heterocycles. The summed E-state index contributed by atoms with van der Waals surface area (Å²) < 4.78 is 6.95. The van der Waals surface area contributed by atoms with Gasteiger partial charge in [-0.3, -0.25) is 4.98 Å². The first-order valence-corrected chi connectivity index (χ1v) is 9.85.